The van der Waals surface area contributed by atoms with Gasteiger partial charge in [-0.1, -0.05) is 24.3 Å². The molecule has 0 saturated heterocycles. The fraction of sp³-hybridized carbons (Fsp3) is 0.217. The van der Waals surface area contributed by atoms with E-state index >= 15 is 0 Å². The van der Waals surface area contributed by atoms with E-state index in [2.05, 4.69) is 4.74 Å². The predicted molar refractivity (Wildman–Crippen MR) is 111 cm³/mol. The van der Waals surface area contributed by atoms with E-state index in [1.54, 1.807) is 19.2 Å². The molecular formula is C23H23NO5. The van der Waals surface area contributed by atoms with E-state index in [1.807, 2.05) is 42.7 Å². The van der Waals surface area contributed by atoms with E-state index in [4.69, 9.17) is 0 Å². The third-order valence-corrected chi connectivity index (χ3v) is 4.96. The van der Waals surface area contributed by atoms with Crippen LogP contribution in [0.15, 0.2) is 48.7 Å². The number of carbonyl (C=O) groups is 2. The van der Waals surface area contributed by atoms with Gasteiger partial charge in [0.05, 0.1) is 17.5 Å². The Labute approximate surface area is 168 Å². The highest BCUT2D eigenvalue weighted by Crippen LogP contribution is 2.34. The van der Waals surface area contributed by atoms with E-state index in [0.717, 1.165) is 17.2 Å². The number of aromatic hydroxyl groups is 1. The number of esters is 1. The first-order valence-electron chi connectivity index (χ1n) is 9.31. The van der Waals surface area contributed by atoms with Gasteiger partial charge in [-0.15, -0.1) is 0 Å². The Balaban J connectivity index is 2.08. The number of carbonyl (C=O) groups excluding carboxylic acids is 2. The van der Waals surface area contributed by atoms with Crippen LogP contribution in [-0.2, 0) is 20.9 Å². The highest BCUT2D eigenvalue weighted by molar-refractivity contribution is 6.39. The summed E-state index contributed by atoms with van der Waals surface area (Å²) < 4.78 is 6.56. The van der Waals surface area contributed by atoms with Gasteiger partial charge in [0.25, 0.3) is 5.78 Å². The third kappa shape index (κ3) is 4.01. The Morgan fingerprint density at radius 2 is 1.86 bits per heavy atom. The summed E-state index contributed by atoms with van der Waals surface area (Å²) in [7, 11) is 0. The van der Waals surface area contributed by atoms with Crippen molar-refractivity contribution in [3.8, 4) is 5.75 Å². The fourth-order valence-corrected chi connectivity index (χ4v) is 3.29. The molecule has 6 heteroatoms. The highest BCUT2D eigenvalue weighted by atomic mass is 16.5. The molecule has 150 valence electrons. The van der Waals surface area contributed by atoms with E-state index < -0.39 is 17.5 Å². The monoisotopic (exact) mass is 393 g/mol. The molecular weight excluding hydrogens is 370 g/mol. The lowest BCUT2D eigenvalue weighted by Gasteiger charge is -2.10. The summed E-state index contributed by atoms with van der Waals surface area (Å²) in [5, 5.41) is 21.3. The van der Waals surface area contributed by atoms with Crippen LogP contribution in [0.3, 0.4) is 0 Å². The summed E-state index contributed by atoms with van der Waals surface area (Å²) in [6, 6.07) is 11.1. The Bertz CT molecular complexity index is 1120. The Morgan fingerprint density at radius 1 is 1.14 bits per heavy atom. The number of hydrogen-bond acceptors (Lipinski definition) is 5. The van der Waals surface area contributed by atoms with Crippen molar-refractivity contribution in [3.05, 3.63) is 70.9 Å². The zero-order chi connectivity index (χ0) is 21.1. The minimum Gasteiger partial charge on any atom is -0.507 e. The van der Waals surface area contributed by atoms with Gasteiger partial charge in [-0.05, 0) is 49.6 Å². The van der Waals surface area contributed by atoms with Crippen molar-refractivity contribution >= 4 is 28.4 Å². The van der Waals surface area contributed by atoms with Gasteiger partial charge in [0.1, 0.15) is 11.5 Å². The Hall–Kier alpha value is -3.54. The Morgan fingerprint density at radius 3 is 2.59 bits per heavy atom. The van der Waals surface area contributed by atoms with E-state index in [-0.39, 0.29) is 17.9 Å². The molecule has 1 heterocycles. The number of hydrogen-bond donors (Lipinski definition) is 2. The van der Waals surface area contributed by atoms with Crippen LogP contribution in [0.1, 0.15) is 29.2 Å². The van der Waals surface area contributed by atoms with E-state index in [0.29, 0.717) is 17.4 Å². The smallest absolute Gasteiger partial charge is 0.379 e. The van der Waals surface area contributed by atoms with Crippen molar-refractivity contribution in [2.45, 2.75) is 27.3 Å². The number of ketones is 1. The maximum Gasteiger partial charge on any atom is 0.379 e. The standard InChI is InChI=1S/C23H23NO5/c1-4-29-23(28)21(27)11-20(26)17-13-24(18-9-6-10-19(25)22(17)18)12-16-8-5-7-14(2)15(16)3/h5-11,13,25-26H,4,12H2,1-3H3/b20-11-. The number of fused-ring (bicyclic) bond motifs is 1. The molecule has 3 rings (SSSR count). The van der Waals surface area contributed by atoms with Crippen LogP contribution in [0.5, 0.6) is 5.75 Å². The highest BCUT2D eigenvalue weighted by Gasteiger charge is 2.19. The number of ether oxygens (including phenoxy) is 1. The molecule has 0 aliphatic heterocycles. The van der Waals surface area contributed by atoms with Gasteiger partial charge in [-0.3, -0.25) is 4.79 Å². The van der Waals surface area contributed by atoms with Gasteiger partial charge < -0.3 is 19.5 Å². The molecule has 0 saturated carbocycles. The molecule has 2 aromatic carbocycles. The van der Waals surface area contributed by atoms with E-state index in [1.165, 1.54) is 11.6 Å². The van der Waals surface area contributed by atoms with Gasteiger partial charge in [0.2, 0.25) is 0 Å². The first-order valence-corrected chi connectivity index (χ1v) is 9.31. The lowest BCUT2D eigenvalue weighted by Crippen LogP contribution is -2.15. The van der Waals surface area contributed by atoms with Crippen LogP contribution in [0.25, 0.3) is 16.7 Å². The van der Waals surface area contributed by atoms with Crippen LogP contribution in [0.4, 0.5) is 0 Å². The zero-order valence-corrected chi connectivity index (χ0v) is 16.6. The van der Waals surface area contributed by atoms with Crippen molar-refractivity contribution in [2.75, 3.05) is 6.61 Å². The van der Waals surface area contributed by atoms with Gasteiger partial charge in [-0.25, -0.2) is 4.79 Å². The maximum absolute atomic E-state index is 11.9. The molecule has 0 radical (unpaired) electrons. The van der Waals surface area contributed by atoms with Crippen LogP contribution in [0, 0.1) is 13.8 Å². The second-order valence-electron chi connectivity index (χ2n) is 6.82. The van der Waals surface area contributed by atoms with Gasteiger partial charge in [-0.2, -0.15) is 0 Å². The molecule has 6 nitrogen and oxygen atoms in total. The van der Waals surface area contributed by atoms with Crippen molar-refractivity contribution < 1.29 is 24.5 Å². The molecule has 0 atom stereocenters. The zero-order valence-electron chi connectivity index (χ0n) is 16.6. The molecule has 3 aromatic rings. The summed E-state index contributed by atoms with van der Waals surface area (Å²) in [6.07, 6.45) is 2.48. The number of phenols is 1. The molecule has 0 amide bonds. The van der Waals surface area contributed by atoms with Crippen LogP contribution >= 0.6 is 0 Å². The number of aromatic nitrogens is 1. The first kappa shape index (κ1) is 20.2. The first-order chi connectivity index (χ1) is 13.8. The lowest BCUT2D eigenvalue weighted by molar-refractivity contribution is -0.151. The summed E-state index contributed by atoms with van der Waals surface area (Å²) in [5.41, 5.74) is 4.39. The number of aryl methyl sites for hydroxylation is 1. The van der Waals surface area contributed by atoms with Crippen LogP contribution in [-0.4, -0.2) is 33.1 Å². The summed E-state index contributed by atoms with van der Waals surface area (Å²) in [5.74, 6) is -2.44. The molecule has 2 N–H and O–H groups in total. The number of benzene rings is 2. The largest absolute Gasteiger partial charge is 0.507 e. The molecule has 29 heavy (non-hydrogen) atoms. The normalized spacial score (nSPS) is 11.6. The van der Waals surface area contributed by atoms with Gasteiger partial charge in [0.15, 0.2) is 0 Å². The van der Waals surface area contributed by atoms with Crippen molar-refractivity contribution in [1.29, 1.82) is 0 Å². The molecule has 0 unspecified atom stereocenters. The van der Waals surface area contributed by atoms with Crippen LogP contribution < -0.4 is 0 Å². The minimum atomic E-state index is -1.04. The Kier molecular flexibility index (Phi) is 5.73. The summed E-state index contributed by atoms with van der Waals surface area (Å²) in [4.78, 5) is 23.5. The van der Waals surface area contributed by atoms with Gasteiger partial charge in [0, 0.05) is 24.4 Å². The van der Waals surface area contributed by atoms with E-state index in [9.17, 15) is 19.8 Å². The molecule has 0 aliphatic carbocycles. The maximum atomic E-state index is 11.9. The summed E-state index contributed by atoms with van der Waals surface area (Å²) in [6.45, 7) is 6.26. The molecule has 0 aliphatic rings. The number of aliphatic hydroxyl groups excluding tert-OH is 1. The predicted octanol–water partition coefficient (Wildman–Crippen LogP) is 4.04. The average Bonchev–Trinajstić information content (AvgIpc) is 3.05. The topological polar surface area (TPSA) is 88.8 Å². The second-order valence-corrected chi connectivity index (χ2v) is 6.82. The van der Waals surface area contributed by atoms with Crippen LogP contribution in [0.2, 0.25) is 0 Å². The summed E-state index contributed by atoms with van der Waals surface area (Å²) >= 11 is 0. The van der Waals surface area contributed by atoms with Crippen molar-refractivity contribution in [1.82, 2.24) is 4.57 Å². The number of aliphatic hydroxyl groups is 1. The van der Waals surface area contributed by atoms with Gasteiger partial charge >= 0.3 is 5.97 Å². The molecule has 0 spiro atoms. The lowest BCUT2D eigenvalue weighted by atomic mass is 10.0. The minimum absolute atomic E-state index is 0.0271. The number of phenolic OH excluding ortho intramolecular Hbond substituents is 1. The van der Waals surface area contributed by atoms with Crippen molar-refractivity contribution in [3.63, 3.8) is 0 Å². The van der Waals surface area contributed by atoms with Crippen molar-refractivity contribution in [2.24, 2.45) is 0 Å². The quantitative estimate of drug-likeness (QED) is 0.286. The molecule has 0 bridgehead atoms. The molecule has 1 aromatic heterocycles. The average molecular weight is 393 g/mol. The number of nitrogens with zero attached hydrogens (tertiary/aromatic N) is 1. The SMILES string of the molecule is CCOC(=O)C(=O)/C=C(\O)c1cn(Cc2cccc(C)c2C)c2cccc(O)c12. The molecule has 0 fully saturated rings. The fourth-order valence-electron chi connectivity index (χ4n) is 3.29. The number of rotatable bonds is 6. The third-order valence-electron chi connectivity index (χ3n) is 4.96. The second kappa shape index (κ2) is 8.22.